The summed E-state index contributed by atoms with van der Waals surface area (Å²) in [5.74, 6) is 1.59. The van der Waals surface area contributed by atoms with E-state index < -0.39 is 0 Å². The number of carbonyl (C=O) groups excluding carboxylic acids is 1. The van der Waals surface area contributed by atoms with Crippen molar-refractivity contribution in [3.8, 4) is 17.1 Å². The predicted molar refractivity (Wildman–Crippen MR) is 118 cm³/mol. The number of nitrogens with zero attached hydrogens (tertiary/aromatic N) is 4. The summed E-state index contributed by atoms with van der Waals surface area (Å²) >= 11 is 1.36. The average molecular weight is 420 g/mol. The lowest BCUT2D eigenvalue weighted by atomic mass is 10.1. The molecule has 4 aromatic rings. The summed E-state index contributed by atoms with van der Waals surface area (Å²) in [4.78, 5) is 12.3. The molecule has 7 nitrogen and oxygen atoms in total. The number of benzene rings is 2. The quantitative estimate of drug-likeness (QED) is 0.452. The molecule has 152 valence electrons. The van der Waals surface area contributed by atoms with Gasteiger partial charge >= 0.3 is 0 Å². The van der Waals surface area contributed by atoms with E-state index in [9.17, 15) is 4.79 Å². The Morgan fingerprint density at radius 2 is 1.80 bits per heavy atom. The third kappa shape index (κ3) is 4.60. The fourth-order valence-corrected chi connectivity index (χ4v) is 3.52. The SMILES string of the molecule is CCOc1ccc(NC(=O)CSc2ccc3nnc(-c4ccc(C)cc4)n3n2)cc1. The highest BCUT2D eigenvalue weighted by Crippen LogP contribution is 2.22. The number of aryl methyl sites for hydroxylation is 1. The predicted octanol–water partition coefficient (Wildman–Crippen LogP) is 4.23. The summed E-state index contributed by atoms with van der Waals surface area (Å²) in [6.45, 7) is 4.58. The van der Waals surface area contributed by atoms with Crippen LogP contribution in [0.1, 0.15) is 12.5 Å². The molecule has 0 bridgehead atoms. The molecule has 0 spiro atoms. The number of aromatic nitrogens is 4. The van der Waals surface area contributed by atoms with E-state index in [0.717, 1.165) is 22.0 Å². The molecule has 1 N–H and O–H groups in total. The number of amides is 1. The summed E-state index contributed by atoms with van der Waals surface area (Å²) < 4.78 is 7.12. The van der Waals surface area contributed by atoms with Crippen LogP contribution in [-0.4, -0.2) is 38.1 Å². The van der Waals surface area contributed by atoms with Gasteiger partial charge in [-0.25, -0.2) is 0 Å². The molecule has 0 aliphatic rings. The van der Waals surface area contributed by atoms with Crippen LogP contribution < -0.4 is 10.1 Å². The van der Waals surface area contributed by atoms with E-state index in [1.807, 2.05) is 74.5 Å². The molecule has 2 heterocycles. The Kier molecular flexibility index (Phi) is 5.94. The van der Waals surface area contributed by atoms with Gasteiger partial charge in [-0.15, -0.1) is 10.2 Å². The molecule has 0 fully saturated rings. The molecule has 0 saturated carbocycles. The Balaban J connectivity index is 1.43. The van der Waals surface area contributed by atoms with Gasteiger partial charge in [-0.2, -0.15) is 9.61 Å². The van der Waals surface area contributed by atoms with E-state index in [4.69, 9.17) is 4.74 Å². The Hall–Kier alpha value is -3.39. The van der Waals surface area contributed by atoms with Crippen LogP contribution in [-0.2, 0) is 4.79 Å². The molecule has 2 aromatic carbocycles. The maximum absolute atomic E-state index is 12.3. The van der Waals surface area contributed by atoms with Crippen molar-refractivity contribution in [1.29, 1.82) is 0 Å². The van der Waals surface area contributed by atoms with Crippen molar-refractivity contribution >= 4 is 29.0 Å². The minimum atomic E-state index is -0.103. The lowest BCUT2D eigenvalue weighted by Gasteiger charge is -2.07. The van der Waals surface area contributed by atoms with E-state index >= 15 is 0 Å². The van der Waals surface area contributed by atoms with Gasteiger partial charge in [0.15, 0.2) is 11.5 Å². The summed E-state index contributed by atoms with van der Waals surface area (Å²) in [6, 6.07) is 19.1. The second-order valence-corrected chi connectivity index (χ2v) is 7.62. The van der Waals surface area contributed by atoms with Crippen LogP contribution in [0.5, 0.6) is 5.75 Å². The number of nitrogens with one attached hydrogen (secondary N) is 1. The van der Waals surface area contributed by atoms with Gasteiger partial charge in [-0.05, 0) is 50.2 Å². The lowest BCUT2D eigenvalue weighted by Crippen LogP contribution is -2.14. The van der Waals surface area contributed by atoms with Crippen molar-refractivity contribution in [2.45, 2.75) is 18.9 Å². The van der Waals surface area contributed by atoms with Crippen molar-refractivity contribution in [3.63, 3.8) is 0 Å². The number of fused-ring (bicyclic) bond motifs is 1. The van der Waals surface area contributed by atoms with Gasteiger partial charge in [0.25, 0.3) is 0 Å². The third-order valence-corrected chi connectivity index (χ3v) is 5.27. The maximum Gasteiger partial charge on any atom is 0.234 e. The Bertz CT molecular complexity index is 1160. The number of hydrogen-bond donors (Lipinski definition) is 1. The van der Waals surface area contributed by atoms with Gasteiger partial charge in [0.05, 0.1) is 12.4 Å². The zero-order valence-corrected chi connectivity index (χ0v) is 17.5. The second kappa shape index (κ2) is 8.96. The first kappa shape index (κ1) is 19.9. The molecule has 0 saturated heterocycles. The number of carbonyl (C=O) groups is 1. The standard InChI is InChI=1S/C22H21N5O2S/c1-3-29-18-10-8-17(9-11-18)23-20(28)14-30-21-13-12-19-24-25-22(27(19)26-21)16-6-4-15(2)5-7-16/h4-13H,3,14H2,1-2H3,(H,23,28). The maximum atomic E-state index is 12.3. The molecular formula is C22H21N5O2S. The highest BCUT2D eigenvalue weighted by molar-refractivity contribution is 7.99. The van der Waals surface area contributed by atoms with E-state index in [2.05, 4.69) is 20.6 Å². The molecule has 0 atom stereocenters. The largest absolute Gasteiger partial charge is 0.494 e. The number of rotatable bonds is 7. The molecule has 30 heavy (non-hydrogen) atoms. The first-order valence-corrected chi connectivity index (χ1v) is 10.6. The van der Waals surface area contributed by atoms with E-state index in [1.54, 1.807) is 4.52 Å². The van der Waals surface area contributed by atoms with Crippen LogP contribution >= 0.6 is 11.8 Å². The van der Waals surface area contributed by atoms with E-state index in [1.165, 1.54) is 17.3 Å². The Labute approximate surface area is 178 Å². The monoisotopic (exact) mass is 419 g/mol. The molecule has 1 amide bonds. The number of ether oxygens (including phenoxy) is 1. The fraction of sp³-hybridized carbons (Fsp3) is 0.182. The molecule has 0 aliphatic heterocycles. The van der Waals surface area contributed by atoms with Crippen molar-refractivity contribution in [3.05, 3.63) is 66.2 Å². The smallest absolute Gasteiger partial charge is 0.234 e. The van der Waals surface area contributed by atoms with Crippen molar-refractivity contribution in [2.75, 3.05) is 17.7 Å². The molecule has 0 radical (unpaired) electrons. The first-order chi connectivity index (χ1) is 14.6. The second-order valence-electron chi connectivity index (χ2n) is 6.63. The van der Waals surface area contributed by atoms with E-state index in [-0.39, 0.29) is 11.7 Å². The number of anilines is 1. The van der Waals surface area contributed by atoms with Crippen LogP contribution in [0.25, 0.3) is 17.0 Å². The van der Waals surface area contributed by atoms with Crippen LogP contribution in [0, 0.1) is 6.92 Å². The van der Waals surface area contributed by atoms with Crippen LogP contribution in [0.2, 0.25) is 0 Å². The van der Waals surface area contributed by atoms with Crippen LogP contribution in [0.4, 0.5) is 5.69 Å². The zero-order valence-electron chi connectivity index (χ0n) is 16.7. The summed E-state index contributed by atoms with van der Waals surface area (Å²) in [6.07, 6.45) is 0. The Morgan fingerprint density at radius 1 is 1.03 bits per heavy atom. The summed E-state index contributed by atoms with van der Waals surface area (Å²) in [5.41, 5.74) is 3.51. The number of hydrogen-bond acceptors (Lipinski definition) is 6. The molecule has 2 aromatic heterocycles. The average Bonchev–Trinajstić information content (AvgIpc) is 3.18. The summed E-state index contributed by atoms with van der Waals surface area (Å²) in [5, 5.41) is 16.6. The third-order valence-electron chi connectivity index (χ3n) is 4.35. The van der Waals surface area contributed by atoms with Crippen molar-refractivity contribution in [1.82, 2.24) is 19.8 Å². The van der Waals surface area contributed by atoms with Gasteiger partial charge in [-0.1, -0.05) is 41.6 Å². The molecule has 0 aliphatic carbocycles. The molecule has 0 unspecified atom stereocenters. The molecule has 4 rings (SSSR count). The Morgan fingerprint density at radius 3 is 2.53 bits per heavy atom. The van der Waals surface area contributed by atoms with Crippen molar-refractivity contribution < 1.29 is 9.53 Å². The highest BCUT2D eigenvalue weighted by Gasteiger charge is 2.11. The van der Waals surface area contributed by atoms with Gasteiger partial charge in [0.1, 0.15) is 10.8 Å². The summed E-state index contributed by atoms with van der Waals surface area (Å²) in [7, 11) is 0. The normalized spacial score (nSPS) is 10.9. The lowest BCUT2D eigenvalue weighted by molar-refractivity contribution is -0.113. The molecular weight excluding hydrogens is 398 g/mol. The minimum Gasteiger partial charge on any atom is -0.494 e. The number of thioether (sulfide) groups is 1. The minimum absolute atomic E-state index is 0.103. The topological polar surface area (TPSA) is 81.4 Å². The first-order valence-electron chi connectivity index (χ1n) is 9.57. The zero-order chi connectivity index (χ0) is 20.9. The van der Waals surface area contributed by atoms with Gasteiger partial charge < -0.3 is 10.1 Å². The van der Waals surface area contributed by atoms with Crippen LogP contribution in [0.15, 0.2) is 65.7 Å². The molecule has 8 heteroatoms. The van der Waals surface area contributed by atoms with Crippen LogP contribution in [0.3, 0.4) is 0 Å². The van der Waals surface area contributed by atoms with Crippen molar-refractivity contribution in [2.24, 2.45) is 0 Å². The van der Waals surface area contributed by atoms with Gasteiger partial charge in [0.2, 0.25) is 5.91 Å². The van der Waals surface area contributed by atoms with Gasteiger partial charge in [-0.3, -0.25) is 4.79 Å². The fourth-order valence-electron chi connectivity index (χ4n) is 2.87. The highest BCUT2D eigenvalue weighted by atomic mass is 32.2. The van der Waals surface area contributed by atoms with E-state index in [0.29, 0.717) is 18.1 Å². The van der Waals surface area contributed by atoms with Gasteiger partial charge in [0, 0.05) is 11.3 Å².